The average Bonchev–Trinajstić information content (AvgIpc) is 2.54. The molecule has 0 spiro atoms. The van der Waals surface area contributed by atoms with E-state index in [2.05, 4.69) is 10.2 Å². The fraction of sp³-hybridized carbons (Fsp3) is 0.588. The lowest BCUT2D eigenvalue weighted by Gasteiger charge is -2.26. The number of carbonyl (C=O) groups is 1. The van der Waals surface area contributed by atoms with E-state index in [1.54, 1.807) is 0 Å². The third-order valence-corrected chi connectivity index (χ3v) is 5.28. The summed E-state index contributed by atoms with van der Waals surface area (Å²) in [5, 5.41) is 2.80. The molecular weight excluding hydrogens is 342 g/mol. The molecule has 1 saturated heterocycles. The number of hydrogen-bond acceptors (Lipinski definition) is 5. The first-order valence-electron chi connectivity index (χ1n) is 8.42. The van der Waals surface area contributed by atoms with Crippen molar-refractivity contribution in [3.8, 4) is 0 Å². The molecule has 2 rings (SSSR count). The van der Waals surface area contributed by atoms with Crippen LogP contribution in [0.4, 0.5) is 0 Å². The highest BCUT2D eigenvalue weighted by Gasteiger charge is 2.20. The van der Waals surface area contributed by atoms with Gasteiger partial charge in [0.1, 0.15) is 0 Å². The molecule has 140 valence electrons. The third-order valence-electron chi connectivity index (χ3n) is 4.08. The number of nitrogens with zero attached hydrogens (tertiary/aromatic N) is 2. The summed E-state index contributed by atoms with van der Waals surface area (Å²) >= 11 is 0. The van der Waals surface area contributed by atoms with Gasteiger partial charge in [-0.1, -0.05) is 29.8 Å². The maximum absolute atomic E-state index is 12.1. The molecule has 1 aliphatic heterocycles. The normalized spacial score (nSPS) is 16.1. The Morgan fingerprint density at radius 1 is 1.32 bits per heavy atom. The summed E-state index contributed by atoms with van der Waals surface area (Å²) in [6, 6.07) is 7.62. The molecule has 0 bridgehead atoms. The Bertz CT molecular complexity index is 672. The zero-order valence-electron chi connectivity index (χ0n) is 14.9. The van der Waals surface area contributed by atoms with Gasteiger partial charge in [0, 0.05) is 32.7 Å². The molecule has 7 nitrogen and oxygen atoms in total. The van der Waals surface area contributed by atoms with E-state index >= 15 is 0 Å². The zero-order valence-corrected chi connectivity index (χ0v) is 15.7. The zero-order chi connectivity index (χ0) is 18.3. The Labute approximate surface area is 150 Å². The van der Waals surface area contributed by atoms with Gasteiger partial charge in [-0.2, -0.15) is 4.31 Å². The second kappa shape index (κ2) is 9.28. The average molecular weight is 369 g/mol. The van der Waals surface area contributed by atoms with Crippen LogP contribution in [-0.2, 0) is 26.1 Å². The minimum atomic E-state index is -3.47. The van der Waals surface area contributed by atoms with Gasteiger partial charge < -0.3 is 10.1 Å². The number of aryl methyl sites for hydroxylation is 1. The summed E-state index contributed by atoms with van der Waals surface area (Å²) in [6.07, 6.45) is 1.13. The molecule has 0 saturated carbocycles. The Morgan fingerprint density at radius 3 is 2.68 bits per heavy atom. The second-order valence-electron chi connectivity index (χ2n) is 6.32. The molecule has 1 amide bonds. The molecule has 0 aliphatic carbocycles. The van der Waals surface area contributed by atoms with Crippen molar-refractivity contribution in [1.29, 1.82) is 0 Å². The summed E-state index contributed by atoms with van der Waals surface area (Å²) in [4.78, 5) is 14.4. The maximum Gasteiger partial charge on any atom is 0.235 e. The minimum absolute atomic E-state index is 0.171. The van der Waals surface area contributed by atoms with Crippen LogP contribution in [0.3, 0.4) is 0 Å². The predicted molar refractivity (Wildman–Crippen MR) is 96.7 cm³/mol. The Kier molecular flexibility index (Phi) is 7.37. The second-order valence-corrected chi connectivity index (χ2v) is 8.31. The highest BCUT2D eigenvalue weighted by atomic mass is 32.2. The lowest BCUT2D eigenvalue weighted by Crippen LogP contribution is -2.44. The number of sulfonamides is 1. The molecule has 1 N–H and O–H groups in total. The molecule has 0 radical (unpaired) electrons. The number of carbonyl (C=O) groups excluding carboxylic acids is 1. The van der Waals surface area contributed by atoms with E-state index in [0.717, 1.165) is 37.0 Å². The molecule has 0 atom stereocenters. The molecule has 1 fully saturated rings. The Morgan fingerprint density at radius 2 is 2.04 bits per heavy atom. The van der Waals surface area contributed by atoms with E-state index < -0.39 is 10.0 Å². The van der Waals surface area contributed by atoms with Crippen molar-refractivity contribution < 1.29 is 17.9 Å². The number of hydrogen-bond donors (Lipinski definition) is 1. The van der Waals surface area contributed by atoms with Crippen LogP contribution in [0.15, 0.2) is 24.3 Å². The first kappa shape index (κ1) is 19.8. The molecule has 8 heteroatoms. The van der Waals surface area contributed by atoms with Crippen LogP contribution in [0.25, 0.3) is 0 Å². The van der Waals surface area contributed by atoms with Gasteiger partial charge in [0.05, 0.1) is 26.0 Å². The van der Waals surface area contributed by atoms with Crippen molar-refractivity contribution in [3.05, 3.63) is 35.4 Å². The molecule has 1 aromatic rings. The standard InChI is InChI=1S/C17H27N3O4S/c1-15-4-3-5-16(12-15)13-20(25(2,22)23)14-17(21)18-6-7-19-8-10-24-11-9-19/h3-5,12H,6-11,13-14H2,1-2H3,(H,18,21). The Balaban J connectivity index is 1.85. The van der Waals surface area contributed by atoms with E-state index in [0.29, 0.717) is 19.8 Å². The van der Waals surface area contributed by atoms with Crippen molar-refractivity contribution in [2.45, 2.75) is 13.5 Å². The lowest BCUT2D eigenvalue weighted by atomic mass is 10.1. The number of nitrogens with one attached hydrogen (secondary N) is 1. The largest absolute Gasteiger partial charge is 0.379 e. The monoisotopic (exact) mass is 369 g/mol. The van der Waals surface area contributed by atoms with Crippen LogP contribution in [0.2, 0.25) is 0 Å². The van der Waals surface area contributed by atoms with Crippen molar-refractivity contribution in [3.63, 3.8) is 0 Å². The van der Waals surface area contributed by atoms with Gasteiger partial charge in [0.2, 0.25) is 15.9 Å². The van der Waals surface area contributed by atoms with Crippen LogP contribution in [0, 0.1) is 6.92 Å². The van der Waals surface area contributed by atoms with Crippen molar-refractivity contribution in [2.75, 3.05) is 52.2 Å². The minimum Gasteiger partial charge on any atom is -0.379 e. The number of morpholine rings is 1. The highest BCUT2D eigenvalue weighted by Crippen LogP contribution is 2.10. The molecule has 0 unspecified atom stereocenters. The van der Waals surface area contributed by atoms with E-state index in [1.165, 1.54) is 4.31 Å². The van der Waals surface area contributed by atoms with Crippen LogP contribution < -0.4 is 5.32 Å². The summed E-state index contributed by atoms with van der Waals surface area (Å²) in [5.74, 6) is -0.286. The molecule has 1 heterocycles. The first-order valence-corrected chi connectivity index (χ1v) is 10.3. The first-order chi connectivity index (χ1) is 11.8. The van der Waals surface area contributed by atoms with E-state index in [4.69, 9.17) is 4.74 Å². The molecule has 1 aliphatic rings. The quantitative estimate of drug-likeness (QED) is 0.708. The van der Waals surface area contributed by atoms with Gasteiger partial charge in [-0.3, -0.25) is 9.69 Å². The van der Waals surface area contributed by atoms with Crippen molar-refractivity contribution in [1.82, 2.24) is 14.5 Å². The van der Waals surface area contributed by atoms with Gasteiger partial charge in [-0.25, -0.2) is 8.42 Å². The lowest BCUT2D eigenvalue weighted by molar-refractivity contribution is -0.121. The Hall–Kier alpha value is -1.48. The number of ether oxygens (including phenoxy) is 1. The summed E-state index contributed by atoms with van der Waals surface area (Å²) in [7, 11) is -3.47. The summed E-state index contributed by atoms with van der Waals surface area (Å²) < 4.78 is 30.5. The maximum atomic E-state index is 12.1. The fourth-order valence-corrected chi connectivity index (χ4v) is 3.43. The smallest absolute Gasteiger partial charge is 0.235 e. The van der Waals surface area contributed by atoms with Crippen LogP contribution >= 0.6 is 0 Å². The topological polar surface area (TPSA) is 79.0 Å². The van der Waals surface area contributed by atoms with Gasteiger partial charge in [0.25, 0.3) is 0 Å². The third kappa shape index (κ3) is 7.11. The van der Waals surface area contributed by atoms with Crippen molar-refractivity contribution >= 4 is 15.9 Å². The highest BCUT2D eigenvalue weighted by molar-refractivity contribution is 7.88. The van der Waals surface area contributed by atoms with Gasteiger partial charge in [-0.05, 0) is 12.5 Å². The van der Waals surface area contributed by atoms with Gasteiger partial charge in [0.15, 0.2) is 0 Å². The van der Waals surface area contributed by atoms with Crippen LogP contribution in [0.1, 0.15) is 11.1 Å². The summed E-state index contributed by atoms with van der Waals surface area (Å²) in [5.41, 5.74) is 1.92. The summed E-state index contributed by atoms with van der Waals surface area (Å²) in [6.45, 7) is 6.36. The molecule has 1 aromatic carbocycles. The van der Waals surface area contributed by atoms with Crippen LogP contribution in [-0.4, -0.2) is 75.7 Å². The SMILES string of the molecule is Cc1cccc(CN(CC(=O)NCCN2CCOCC2)S(C)(=O)=O)c1. The fourth-order valence-electron chi connectivity index (χ4n) is 2.70. The molecular formula is C17H27N3O4S. The van der Waals surface area contributed by atoms with Crippen molar-refractivity contribution in [2.24, 2.45) is 0 Å². The van der Waals surface area contributed by atoms with Crippen LogP contribution in [0.5, 0.6) is 0 Å². The van der Waals surface area contributed by atoms with E-state index in [-0.39, 0.29) is 19.0 Å². The van der Waals surface area contributed by atoms with E-state index in [9.17, 15) is 13.2 Å². The van der Waals surface area contributed by atoms with E-state index in [1.807, 2.05) is 31.2 Å². The predicted octanol–water partition coefficient (Wildman–Crippen LogP) is 0.205. The van der Waals surface area contributed by atoms with Gasteiger partial charge >= 0.3 is 0 Å². The van der Waals surface area contributed by atoms with Gasteiger partial charge in [-0.15, -0.1) is 0 Å². The number of rotatable bonds is 8. The number of amides is 1. The number of benzene rings is 1. The molecule has 25 heavy (non-hydrogen) atoms. The molecule has 0 aromatic heterocycles.